The van der Waals surface area contributed by atoms with Gasteiger partial charge in [-0.3, -0.25) is 9.48 Å². The molecule has 1 heterocycles. The minimum atomic E-state index is -0.167. The molecule has 0 aliphatic carbocycles. The average Bonchev–Trinajstić information content (AvgIpc) is 2.82. The molecule has 112 valence electrons. The molecule has 0 spiro atoms. The summed E-state index contributed by atoms with van der Waals surface area (Å²) < 4.78 is 7.12. The van der Waals surface area contributed by atoms with Crippen molar-refractivity contribution in [3.8, 4) is 5.75 Å². The average molecular weight is 288 g/mol. The van der Waals surface area contributed by atoms with E-state index in [4.69, 9.17) is 10.5 Å². The van der Waals surface area contributed by atoms with Crippen molar-refractivity contribution in [3.05, 3.63) is 36.7 Å². The summed E-state index contributed by atoms with van der Waals surface area (Å²) in [5.41, 5.74) is 6.78. The molecule has 1 amide bonds. The fourth-order valence-electron chi connectivity index (χ4n) is 1.74. The van der Waals surface area contributed by atoms with Gasteiger partial charge in [-0.15, -0.1) is 0 Å². The third kappa shape index (κ3) is 4.83. The number of hydrogen-bond acceptors (Lipinski definition) is 4. The molecular formula is C15H20N4O2. The SMILES string of the molecule is CC(C)COc1cccc(NC(=O)Cn2cc(N)cn2)c1. The van der Waals surface area contributed by atoms with E-state index in [0.29, 0.717) is 23.9 Å². The number of amides is 1. The van der Waals surface area contributed by atoms with Crippen LogP contribution in [0.5, 0.6) is 5.75 Å². The zero-order chi connectivity index (χ0) is 15.2. The predicted molar refractivity (Wildman–Crippen MR) is 82.0 cm³/mol. The maximum absolute atomic E-state index is 11.9. The Balaban J connectivity index is 1.92. The molecule has 0 atom stereocenters. The molecule has 0 fully saturated rings. The highest BCUT2D eigenvalue weighted by atomic mass is 16.5. The highest BCUT2D eigenvalue weighted by Gasteiger charge is 2.06. The van der Waals surface area contributed by atoms with Crippen LogP contribution in [0.3, 0.4) is 0 Å². The van der Waals surface area contributed by atoms with Gasteiger partial charge in [0.25, 0.3) is 0 Å². The number of nitrogens with one attached hydrogen (secondary N) is 1. The minimum absolute atomic E-state index is 0.119. The molecule has 1 aromatic heterocycles. The molecule has 0 aliphatic rings. The van der Waals surface area contributed by atoms with E-state index in [0.717, 1.165) is 5.75 Å². The van der Waals surface area contributed by atoms with Crippen molar-refractivity contribution in [1.29, 1.82) is 0 Å². The van der Waals surface area contributed by atoms with Crippen molar-refractivity contribution in [3.63, 3.8) is 0 Å². The van der Waals surface area contributed by atoms with E-state index < -0.39 is 0 Å². The Bertz CT molecular complexity index is 607. The second-order valence-corrected chi connectivity index (χ2v) is 5.25. The number of nitrogens with two attached hydrogens (primary N) is 1. The first-order valence-electron chi connectivity index (χ1n) is 6.83. The quantitative estimate of drug-likeness (QED) is 0.853. The Morgan fingerprint density at radius 2 is 2.29 bits per heavy atom. The van der Waals surface area contributed by atoms with E-state index in [-0.39, 0.29) is 12.5 Å². The van der Waals surface area contributed by atoms with Crippen LogP contribution in [0.15, 0.2) is 36.7 Å². The number of nitrogen functional groups attached to an aromatic ring is 1. The number of aromatic nitrogens is 2. The third-order valence-electron chi connectivity index (χ3n) is 2.66. The third-order valence-corrected chi connectivity index (χ3v) is 2.66. The summed E-state index contributed by atoms with van der Waals surface area (Å²) in [6, 6.07) is 7.33. The fourth-order valence-corrected chi connectivity index (χ4v) is 1.74. The molecule has 0 bridgehead atoms. The molecular weight excluding hydrogens is 268 g/mol. The van der Waals surface area contributed by atoms with Gasteiger partial charge >= 0.3 is 0 Å². The van der Waals surface area contributed by atoms with Gasteiger partial charge in [-0.25, -0.2) is 0 Å². The monoisotopic (exact) mass is 288 g/mol. The molecule has 0 radical (unpaired) electrons. The van der Waals surface area contributed by atoms with Gasteiger partial charge in [-0.1, -0.05) is 19.9 Å². The van der Waals surface area contributed by atoms with Crippen molar-refractivity contribution in [1.82, 2.24) is 9.78 Å². The van der Waals surface area contributed by atoms with Crippen LogP contribution in [0.25, 0.3) is 0 Å². The van der Waals surface area contributed by atoms with E-state index in [1.165, 1.54) is 10.9 Å². The first kappa shape index (κ1) is 14.9. The summed E-state index contributed by atoms with van der Waals surface area (Å²) in [5, 5.41) is 6.78. The van der Waals surface area contributed by atoms with E-state index in [1.54, 1.807) is 12.3 Å². The highest BCUT2D eigenvalue weighted by molar-refractivity contribution is 5.90. The van der Waals surface area contributed by atoms with Crippen LogP contribution in [-0.2, 0) is 11.3 Å². The minimum Gasteiger partial charge on any atom is -0.493 e. The maximum Gasteiger partial charge on any atom is 0.246 e. The van der Waals surface area contributed by atoms with Crippen LogP contribution in [0.2, 0.25) is 0 Å². The Morgan fingerprint density at radius 3 is 2.95 bits per heavy atom. The van der Waals surface area contributed by atoms with Crippen LogP contribution in [0, 0.1) is 5.92 Å². The molecule has 2 aromatic rings. The molecule has 0 aliphatic heterocycles. The second kappa shape index (κ2) is 6.78. The van der Waals surface area contributed by atoms with Gasteiger partial charge in [-0.05, 0) is 18.1 Å². The number of carbonyl (C=O) groups excluding carboxylic acids is 1. The first-order valence-corrected chi connectivity index (χ1v) is 6.83. The molecule has 0 saturated carbocycles. The lowest BCUT2D eigenvalue weighted by atomic mass is 10.2. The number of carbonyl (C=O) groups is 1. The van der Waals surface area contributed by atoms with E-state index in [9.17, 15) is 4.79 Å². The Morgan fingerprint density at radius 1 is 1.48 bits per heavy atom. The maximum atomic E-state index is 11.9. The van der Waals surface area contributed by atoms with Gasteiger partial charge in [0.2, 0.25) is 5.91 Å². The number of nitrogens with zero attached hydrogens (tertiary/aromatic N) is 2. The van der Waals surface area contributed by atoms with Crippen molar-refractivity contribution in [2.45, 2.75) is 20.4 Å². The van der Waals surface area contributed by atoms with Gasteiger partial charge in [0.15, 0.2) is 0 Å². The summed E-state index contributed by atoms with van der Waals surface area (Å²) in [6.07, 6.45) is 3.12. The summed E-state index contributed by atoms with van der Waals surface area (Å²) in [5.74, 6) is 1.03. The van der Waals surface area contributed by atoms with Crippen LogP contribution < -0.4 is 15.8 Å². The number of rotatable bonds is 6. The number of ether oxygens (including phenoxy) is 1. The normalized spacial score (nSPS) is 10.6. The lowest BCUT2D eigenvalue weighted by Gasteiger charge is -2.10. The summed E-state index contributed by atoms with van der Waals surface area (Å²) in [6.45, 7) is 4.93. The van der Waals surface area contributed by atoms with Crippen LogP contribution in [-0.4, -0.2) is 22.3 Å². The zero-order valence-corrected chi connectivity index (χ0v) is 12.2. The molecule has 3 N–H and O–H groups in total. The van der Waals surface area contributed by atoms with Crippen LogP contribution in [0.1, 0.15) is 13.8 Å². The van der Waals surface area contributed by atoms with E-state index in [1.807, 2.05) is 18.2 Å². The molecule has 21 heavy (non-hydrogen) atoms. The van der Waals surface area contributed by atoms with Gasteiger partial charge in [0.05, 0.1) is 18.5 Å². The van der Waals surface area contributed by atoms with Crippen molar-refractivity contribution in [2.75, 3.05) is 17.7 Å². The van der Waals surface area contributed by atoms with Gasteiger partial charge in [0.1, 0.15) is 12.3 Å². The summed E-state index contributed by atoms with van der Waals surface area (Å²) in [4.78, 5) is 11.9. The predicted octanol–water partition coefficient (Wildman–Crippen LogP) is 2.14. The summed E-state index contributed by atoms with van der Waals surface area (Å²) >= 11 is 0. The zero-order valence-electron chi connectivity index (χ0n) is 12.2. The Hall–Kier alpha value is -2.50. The number of anilines is 2. The second-order valence-electron chi connectivity index (χ2n) is 5.25. The number of hydrogen-bond donors (Lipinski definition) is 2. The molecule has 2 rings (SSSR count). The lowest BCUT2D eigenvalue weighted by Crippen LogP contribution is -2.19. The summed E-state index contributed by atoms with van der Waals surface area (Å²) in [7, 11) is 0. The van der Waals surface area contributed by atoms with E-state index >= 15 is 0 Å². The standard InChI is InChI=1S/C15H20N4O2/c1-11(2)10-21-14-5-3-4-13(6-14)18-15(20)9-19-8-12(16)7-17-19/h3-8,11H,9-10,16H2,1-2H3,(H,18,20). The van der Waals surface area contributed by atoms with Crippen LogP contribution in [0.4, 0.5) is 11.4 Å². The van der Waals surface area contributed by atoms with Crippen molar-refractivity contribution >= 4 is 17.3 Å². The van der Waals surface area contributed by atoms with Gasteiger partial charge < -0.3 is 15.8 Å². The van der Waals surface area contributed by atoms with Crippen LogP contribution >= 0.6 is 0 Å². The molecule has 1 aromatic carbocycles. The van der Waals surface area contributed by atoms with Crippen molar-refractivity contribution in [2.24, 2.45) is 5.92 Å². The van der Waals surface area contributed by atoms with E-state index in [2.05, 4.69) is 24.3 Å². The molecule has 0 unspecified atom stereocenters. The lowest BCUT2D eigenvalue weighted by molar-refractivity contribution is -0.116. The fraction of sp³-hybridized carbons (Fsp3) is 0.333. The topological polar surface area (TPSA) is 82.2 Å². The largest absolute Gasteiger partial charge is 0.493 e. The smallest absolute Gasteiger partial charge is 0.246 e. The molecule has 6 heteroatoms. The van der Waals surface area contributed by atoms with Crippen molar-refractivity contribution < 1.29 is 9.53 Å². The molecule has 0 saturated heterocycles. The van der Waals surface area contributed by atoms with Gasteiger partial charge in [0, 0.05) is 18.0 Å². The Kier molecular flexibility index (Phi) is 4.81. The highest BCUT2D eigenvalue weighted by Crippen LogP contribution is 2.18. The molecule has 6 nitrogen and oxygen atoms in total. The first-order chi connectivity index (χ1) is 10.0. The Labute approximate surface area is 123 Å². The van der Waals surface area contributed by atoms with Gasteiger partial charge in [-0.2, -0.15) is 5.10 Å². The number of benzene rings is 1.